The van der Waals surface area contributed by atoms with Crippen molar-refractivity contribution in [2.45, 2.75) is 61.7 Å². The molecule has 3 unspecified atom stereocenters. The number of benzene rings is 2. The Morgan fingerprint density at radius 1 is 1.14 bits per heavy atom. The third kappa shape index (κ3) is 9.36. The fourth-order valence-electron chi connectivity index (χ4n) is 6.00. The van der Waals surface area contributed by atoms with Gasteiger partial charge in [0.1, 0.15) is 0 Å². The van der Waals surface area contributed by atoms with Crippen molar-refractivity contribution in [3.05, 3.63) is 150 Å². The van der Waals surface area contributed by atoms with Crippen LogP contribution >= 0.6 is 34.4 Å². The van der Waals surface area contributed by atoms with E-state index in [1.165, 1.54) is 51.3 Å². The number of allylic oxidation sites excluding steroid dienone is 12. The summed E-state index contributed by atoms with van der Waals surface area (Å²) in [5.74, 6) is 2.20. The Hall–Kier alpha value is -2.76. The molecule has 2 aliphatic rings. The molecule has 2 aromatic carbocycles. The third-order valence-electron chi connectivity index (χ3n) is 8.24. The summed E-state index contributed by atoms with van der Waals surface area (Å²) in [5, 5.41) is 3.77. The van der Waals surface area contributed by atoms with E-state index in [0.717, 1.165) is 36.3 Å². The number of alkyl halides is 1. The second-order valence-corrected chi connectivity index (χ2v) is 14.1. The Bertz CT molecular complexity index is 1470. The molecule has 224 valence electrons. The molecule has 0 amide bonds. The molecule has 3 heteroatoms. The van der Waals surface area contributed by atoms with E-state index in [4.69, 9.17) is 0 Å². The molecule has 0 saturated carbocycles. The van der Waals surface area contributed by atoms with Crippen LogP contribution in [0.4, 0.5) is 0 Å². The SMILES string of the molecule is C=C/C(=C\C=C/Cc1cccc(C2=CC(=C)c3ccccc3SCC=C2)c1)NC1=C(C(CC)C(C)CCC)C=CC(I)C1. The first-order valence-electron chi connectivity index (χ1n) is 15.6. The average Bonchev–Trinajstić information content (AvgIpc) is 3.09. The van der Waals surface area contributed by atoms with E-state index in [2.05, 4.69) is 159 Å². The lowest BCUT2D eigenvalue weighted by Gasteiger charge is -2.30. The van der Waals surface area contributed by atoms with E-state index in [1.54, 1.807) is 0 Å². The van der Waals surface area contributed by atoms with Crippen molar-refractivity contribution < 1.29 is 0 Å². The smallest absolute Gasteiger partial charge is 0.0375 e. The minimum atomic E-state index is 0.509. The number of rotatable bonds is 12. The highest BCUT2D eigenvalue weighted by Crippen LogP contribution is 2.35. The molecule has 0 bridgehead atoms. The van der Waals surface area contributed by atoms with E-state index >= 15 is 0 Å². The van der Waals surface area contributed by atoms with Crippen LogP contribution in [0.3, 0.4) is 0 Å². The molecule has 3 atom stereocenters. The summed E-state index contributed by atoms with van der Waals surface area (Å²) in [6, 6.07) is 17.4. The quantitative estimate of drug-likeness (QED) is 0.134. The molecular weight excluding hydrogens is 653 g/mol. The molecule has 1 aliphatic carbocycles. The molecule has 1 N–H and O–H groups in total. The Kier molecular flexibility index (Phi) is 13.0. The van der Waals surface area contributed by atoms with Gasteiger partial charge in [-0.1, -0.05) is 148 Å². The zero-order chi connectivity index (χ0) is 30.6. The molecule has 0 aromatic heterocycles. The summed E-state index contributed by atoms with van der Waals surface area (Å²) in [6.45, 7) is 15.5. The van der Waals surface area contributed by atoms with Crippen LogP contribution in [0.15, 0.2) is 138 Å². The number of fused-ring (bicyclic) bond motifs is 1. The highest BCUT2D eigenvalue weighted by molar-refractivity contribution is 14.1. The van der Waals surface area contributed by atoms with Crippen LogP contribution < -0.4 is 5.32 Å². The van der Waals surface area contributed by atoms with Crippen molar-refractivity contribution in [3.63, 3.8) is 0 Å². The van der Waals surface area contributed by atoms with Gasteiger partial charge in [-0.05, 0) is 82.4 Å². The van der Waals surface area contributed by atoms with E-state index in [9.17, 15) is 0 Å². The highest BCUT2D eigenvalue weighted by Gasteiger charge is 2.24. The maximum Gasteiger partial charge on any atom is 0.0375 e. The van der Waals surface area contributed by atoms with Crippen molar-refractivity contribution in [2.75, 3.05) is 5.75 Å². The van der Waals surface area contributed by atoms with Gasteiger partial charge in [-0.25, -0.2) is 0 Å². The molecule has 0 saturated heterocycles. The standard InChI is InChI=1S/C40H46INS/c1-6-15-29(4)36(8-3)38-24-23-34(41)28-39(38)42-35(7-2)20-10-9-16-31-17-13-18-33(27-31)32-19-14-25-43-40-22-12-11-21-37(40)30(5)26-32/h7,9-14,17-24,26-27,29,34,36,42H,2,5-6,8,15-16,25,28H2,1,3-4H3/b10-9-,19-14?,32-26?,35-20+. The average molecular weight is 700 g/mol. The lowest BCUT2D eigenvalue weighted by molar-refractivity contribution is 0.372. The molecular formula is C40H46INS. The molecule has 2 aromatic rings. The maximum absolute atomic E-state index is 4.40. The van der Waals surface area contributed by atoms with Gasteiger partial charge in [-0.2, -0.15) is 0 Å². The number of hydrogen-bond donors (Lipinski definition) is 1. The molecule has 0 fully saturated rings. The Labute approximate surface area is 278 Å². The minimum Gasteiger partial charge on any atom is -0.359 e. The Morgan fingerprint density at radius 3 is 2.77 bits per heavy atom. The minimum absolute atomic E-state index is 0.509. The predicted molar refractivity (Wildman–Crippen MR) is 200 cm³/mol. The number of halogens is 1. The molecule has 1 nitrogen and oxygen atoms in total. The second-order valence-electron chi connectivity index (χ2n) is 11.4. The lowest BCUT2D eigenvalue weighted by Crippen LogP contribution is -2.24. The monoisotopic (exact) mass is 699 g/mol. The Morgan fingerprint density at radius 2 is 1.98 bits per heavy atom. The topological polar surface area (TPSA) is 12.0 Å². The highest BCUT2D eigenvalue weighted by atomic mass is 127. The normalized spacial score (nSPS) is 18.9. The first-order valence-corrected chi connectivity index (χ1v) is 17.9. The lowest BCUT2D eigenvalue weighted by atomic mass is 9.79. The summed E-state index contributed by atoms with van der Waals surface area (Å²) in [5.41, 5.74) is 9.85. The summed E-state index contributed by atoms with van der Waals surface area (Å²) in [4.78, 5) is 1.28. The van der Waals surface area contributed by atoms with Crippen LogP contribution in [0.25, 0.3) is 11.1 Å². The molecule has 43 heavy (non-hydrogen) atoms. The van der Waals surface area contributed by atoms with Crippen LogP contribution in [0, 0.1) is 11.8 Å². The van der Waals surface area contributed by atoms with Crippen LogP contribution in [0.2, 0.25) is 0 Å². The van der Waals surface area contributed by atoms with Gasteiger partial charge in [-0.15, -0.1) is 11.8 Å². The van der Waals surface area contributed by atoms with Crippen molar-refractivity contribution >= 4 is 45.5 Å². The largest absolute Gasteiger partial charge is 0.359 e. The molecule has 0 spiro atoms. The zero-order valence-electron chi connectivity index (χ0n) is 26.0. The maximum atomic E-state index is 4.40. The van der Waals surface area contributed by atoms with Gasteiger partial charge in [-0.3, -0.25) is 0 Å². The summed E-state index contributed by atoms with van der Waals surface area (Å²) >= 11 is 4.40. The summed E-state index contributed by atoms with van der Waals surface area (Å²) in [6.07, 6.45) is 25.5. The fourth-order valence-corrected chi connectivity index (χ4v) is 7.55. The van der Waals surface area contributed by atoms with Gasteiger partial charge >= 0.3 is 0 Å². The summed E-state index contributed by atoms with van der Waals surface area (Å²) < 4.78 is 0.509. The van der Waals surface area contributed by atoms with E-state index in [-0.39, 0.29) is 0 Å². The van der Waals surface area contributed by atoms with Gasteiger partial charge in [0.05, 0.1) is 0 Å². The van der Waals surface area contributed by atoms with Crippen molar-refractivity contribution in [3.8, 4) is 0 Å². The third-order valence-corrected chi connectivity index (χ3v) is 10.1. The molecule has 0 radical (unpaired) electrons. The first kappa shape index (κ1) is 33.1. The van der Waals surface area contributed by atoms with Gasteiger partial charge in [0.2, 0.25) is 0 Å². The molecule has 4 rings (SSSR count). The van der Waals surface area contributed by atoms with Crippen molar-refractivity contribution in [1.29, 1.82) is 0 Å². The van der Waals surface area contributed by atoms with Gasteiger partial charge in [0.15, 0.2) is 0 Å². The van der Waals surface area contributed by atoms with Crippen LogP contribution in [-0.2, 0) is 6.42 Å². The Balaban J connectivity index is 1.48. The van der Waals surface area contributed by atoms with Crippen molar-refractivity contribution in [1.82, 2.24) is 5.32 Å². The fraction of sp³-hybridized carbons (Fsp3) is 0.300. The number of hydrogen-bond acceptors (Lipinski definition) is 2. The van der Waals surface area contributed by atoms with Gasteiger partial charge in [0, 0.05) is 32.4 Å². The van der Waals surface area contributed by atoms with E-state index in [0.29, 0.717) is 15.8 Å². The van der Waals surface area contributed by atoms with Gasteiger partial charge in [0.25, 0.3) is 0 Å². The first-order chi connectivity index (χ1) is 20.9. The number of thioether (sulfide) groups is 1. The second kappa shape index (κ2) is 16.9. The van der Waals surface area contributed by atoms with Crippen LogP contribution in [0.5, 0.6) is 0 Å². The van der Waals surface area contributed by atoms with E-state index in [1.807, 2.05) is 17.8 Å². The zero-order valence-corrected chi connectivity index (χ0v) is 29.0. The number of nitrogens with one attached hydrogen (secondary N) is 1. The van der Waals surface area contributed by atoms with Crippen molar-refractivity contribution in [2.24, 2.45) is 11.8 Å². The van der Waals surface area contributed by atoms with Crippen LogP contribution in [-0.4, -0.2) is 9.68 Å². The van der Waals surface area contributed by atoms with Crippen LogP contribution in [0.1, 0.15) is 63.1 Å². The van der Waals surface area contributed by atoms with Gasteiger partial charge < -0.3 is 5.32 Å². The molecule has 1 aliphatic heterocycles. The van der Waals surface area contributed by atoms with E-state index < -0.39 is 0 Å². The molecule has 1 heterocycles. The predicted octanol–water partition coefficient (Wildman–Crippen LogP) is 11.7. The summed E-state index contributed by atoms with van der Waals surface area (Å²) in [7, 11) is 0.